The van der Waals surface area contributed by atoms with Crippen LogP contribution >= 0.6 is 11.6 Å². The van der Waals surface area contributed by atoms with Gasteiger partial charge < -0.3 is 10.4 Å². The summed E-state index contributed by atoms with van der Waals surface area (Å²) in [5, 5.41) is 12.1. The van der Waals surface area contributed by atoms with Crippen LogP contribution in [0.3, 0.4) is 0 Å². The van der Waals surface area contributed by atoms with Gasteiger partial charge >= 0.3 is 5.97 Å². The number of nitrogens with one attached hydrogen (secondary N) is 1. The Morgan fingerprint density at radius 3 is 2.78 bits per heavy atom. The maximum atomic E-state index is 12.0. The van der Waals surface area contributed by atoms with Crippen molar-refractivity contribution < 1.29 is 14.7 Å². The van der Waals surface area contributed by atoms with E-state index in [2.05, 4.69) is 10.3 Å². The largest absolute Gasteiger partial charge is 0.481 e. The van der Waals surface area contributed by atoms with Crippen molar-refractivity contribution in [3.8, 4) is 0 Å². The number of anilines is 1. The lowest BCUT2D eigenvalue weighted by atomic mass is 9.95. The van der Waals surface area contributed by atoms with Crippen LogP contribution in [-0.4, -0.2) is 22.0 Å². The van der Waals surface area contributed by atoms with Crippen molar-refractivity contribution in [3.05, 3.63) is 23.4 Å². The van der Waals surface area contributed by atoms with Crippen LogP contribution in [0, 0.1) is 11.8 Å². The van der Waals surface area contributed by atoms with Gasteiger partial charge in [-0.1, -0.05) is 18.0 Å². The van der Waals surface area contributed by atoms with Crippen molar-refractivity contribution in [2.75, 3.05) is 5.32 Å². The van der Waals surface area contributed by atoms with Gasteiger partial charge in [-0.15, -0.1) is 0 Å². The van der Waals surface area contributed by atoms with E-state index in [0.29, 0.717) is 23.7 Å². The first-order valence-electron chi connectivity index (χ1n) is 5.73. The van der Waals surface area contributed by atoms with Gasteiger partial charge in [-0.2, -0.15) is 0 Å². The van der Waals surface area contributed by atoms with Crippen molar-refractivity contribution in [3.63, 3.8) is 0 Å². The monoisotopic (exact) mass is 268 g/mol. The molecule has 0 unspecified atom stereocenters. The van der Waals surface area contributed by atoms with Crippen LogP contribution in [-0.2, 0) is 9.59 Å². The number of pyridine rings is 1. The Kier molecular flexibility index (Phi) is 3.81. The smallest absolute Gasteiger partial charge is 0.307 e. The van der Waals surface area contributed by atoms with Crippen molar-refractivity contribution in [2.45, 2.75) is 19.3 Å². The highest BCUT2D eigenvalue weighted by atomic mass is 35.5. The molecule has 0 aromatic carbocycles. The number of carboxylic acid groups (broad SMARTS) is 1. The van der Waals surface area contributed by atoms with E-state index in [4.69, 9.17) is 16.7 Å². The SMILES string of the molecule is O=C(O)[C@H]1CCC[C@H]1C(=O)Nc1cc(Cl)ccn1. The highest BCUT2D eigenvalue weighted by molar-refractivity contribution is 6.30. The molecule has 0 spiro atoms. The molecule has 2 atom stereocenters. The molecular weight excluding hydrogens is 256 g/mol. The van der Waals surface area contributed by atoms with E-state index in [-0.39, 0.29) is 5.91 Å². The van der Waals surface area contributed by atoms with Gasteiger partial charge in [-0.05, 0) is 25.0 Å². The summed E-state index contributed by atoms with van der Waals surface area (Å²) in [6.45, 7) is 0. The zero-order valence-corrected chi connectivity index (χ0v) is 10.4. The molecule has 1 aromatic heterocycles. The number of aromatic nitrogens is 1. The van der Waals surface area contributed by atoms with E-state index >= 15 is 0 Å². The molecule has 1 fully saturated rings. The molecule has 6 heteroatoms. The molecule has 1 aliphatic rings. The number of carbonyl (C=O) groups is 2. The van der Waals surface area contributed by atoms with E-state index in [1.54, 1.807) is 6.07 Å². The van der Waals surface area contributed by atoms with Crippen LogP contribution in [0.1, 0.15) is 19.3 Å². The first-order valence-corrected chi connectivity index (χ1v) is 6.11. The summed E-state index contributed by atoms with van der Waals surface area (Å²) < 4.78 is 0. The van der Waals surface area contributed by atoms with Crippen LogP contribution in [0.2, 0.25) is 5.02 Å². The van der Waals surface area contributed by atoms with Gasteiger partial charge in [0, 0.05) is 11.2 Å². The highest BCUT2D eigenvalue weighted by Gasteiger charge is 2.37. The van der Waals surface area contributed by atoms with Crippen molar-refractivity contribution in [2.24, 2.45) is 11.8 Å². The third kappa shape index (κ3) is 2.79. The Morgan fingerprint density at radius 1 is 1.39 bits per heavy atom. The average molecular weight is 269 g/mol. The fourth-order valence-electron chi connectivity index (χ4n) is 2.26. The quantitative estimate of drug-likeness (QED) is 0.881. The van der Waals surface area contributed by atoms with Gasteiger partial charge in [-0.3, -0.25) is 9.59 Å². The first kappa shape index (κ1) is 12.8. The van der Waals surface area contributed by atoms with Crippen LogP contribution < -0.4 is 5.32 Å². The second-order valence-corrected chi connectivity index (χ2v) is 4.77. The molecule has 0 saturated heterocycles. The van der Waals surface area contributed by atoms with E-state index in [9.17, 15) is 9.59 Å². The van der Waals surface area contributed by atoms with E-state index in [0.717, 1.165) is 6.42 Å². The summed E-state index contributed by atoms with van der Waals surface area (Å²) >= 11 is 5.78. The number of hydrogen-bond donors (Lipinski definition) is 2. The Bertz CT molecular complexity index is 478. The number of rotatable bonds is 3. The van der Waals surface area contributed by atoms with Gasteiger partial charge in [-0.25, -0.2) is 4.98 Å². The minimum Gasteiger partial charge on any atom is -0.481 e. The standard InChI is InChI=1S/C12H13ClN2O3/c13-7-4-5-14-10(6-7)15-11(16)8-2-1-3-9(8)12(17)18/h4-6,8-9H,1-3H2,(H,17,18)(H,14,15,16)/t8-,9+/m1/s1. The third-order valence-corrected chi connectivity index (χ3v) is 3.38. The van der Waals surface area contributed by atoms with Crippen molar-refractivity contribution >= 4 is 29.3 Å². The Labute approximate surface area is 109 Å². The molecule has 18 heavy (non-hydrogen) atoms. The number of aliphatic carboxylic acids is 1. The number of amides is 1. The maximum Gasteiger partial charge on any atom is 0.307 e. The molecule has 5 nitrogen and oxygen atoms in total. The maximum absolute atomic E-state index is 12.0. The van der Waals surface area contributed by atoms with Gasteiger partial charge in [0.15, 0.2) is 0 Å². The third-order valence-electron chi connectivity index (χ3n) is 3.14. The predicted octanol–water partition coefficient (Wildman–Crippen LogP) is 2.17. The second-order valence-electron chi connectivity index (χ2n) is 4.33. The number of carbonyl (C=O) groups excluding carboxylic acids is 1. The summed E-state index contributed by atoms with van der Waals surface area (Å²) in [5.41, 5.74) is 0. The van der Waals surface area contributed by atoms with Crippen LogP contribution in [0.25, 0.3) is 0 Å². The van der Waals surface area contributed by atoms with Crippen molar-refractivity contribution in [1.82, 2.24) is 4.98 Å². The highest BCUT2D eigenvalue weighted by Crippen LogP contribution is 2.32. The number of halogens is 1. The number of hydrogen-bond acceptors (Lipinski definition) is 3. The molecule has 1 amide bonds. The summed E-state index contributed by atoms with van der Waals surface area (Å²) in [5.74, 6) is -1.93. The summed E-state index contributed by atoms with van der Waals surface area (Å²) in [6, 6.07) is 3.14. The molecule has 0 bridgehead atoms. The lowest BCUT2D eigenvalue weighted by molar-refractivity contribution is -0.145. The molecule has 0 radical (unpaired) electrons. The van der Waals surface area contributed by atoms with Crippen LogP contribution in [0.5, 0.6) is 0 Å². The summed E-state index contributed by atoms with van der Waals surface area (Å²) in [4.78, 5) is 26.9. The fraction of sp³-hybridized carbons (Fsp3) is 0.417. The van der Waals surface area contributed by atoms with Crippen LogP contribution in [0.15, 0.2) is 18.3 Å². The second kappa shape index (κ2) is 5.35. The average Bonchev–Trinajstić information content (AvgIpc) is 2.77. The molecule has 1 saturated carbocycles. The molecular formula is C12H13ClN2O3. The summed E-state index contributed by atoms with van der Waals surface area (Å²) in [7, 11) is 0. The normalized spacial score (nSPS) is 22.7. The molecule has 1 aromatic rings. The zero-order chi connectivity index (χ0) is 13.1. The van der Waals surface area contributed by atoms with E-state index in [1.807, 2.05) is 0 Å². The van der Waals surface area contributed by atoms with Gasteiger partial charge in [0.1, 0.15) is 5.82 Å². The molecule has 1 aliphatic carbocycles. The van der Waals surface area contributed by atoms with Crippen LogP contribution in [0.4, 0.5) is 5.82 Å². The minimum absolute atomic E-state index is 0.297. The number of carboxylic acids is 1. The van der Waals surface area contributed by atoms with E-state index < -0.39 is 17.8 Å². The lowest BCUT2D eigenvalue weighted by Gasteiger charge is -2.15. The lowest BCUT2D eigenvalue weighted by Crippen LogP contribution is -2.30. The Hall–Kier alpha value is -1.62. The zero-order valence-electron chi connectivity index (χ0n) is 9.60. The van der Waals surface area contributed by atoms with Gasteiger partial charge in [0.2, 0.25) is 5.91 Å². The fourth-order valence-corrected chi connectivity index (χ4v) is 2.42. The minimum atomic E-state index is -0.910. The molecule has 2 N–H and O–H groups in total. The molecule has 2 rings (SSSR count). The molecule has 96 valence electrons. The van der Waals surface area contributed by atoms with Gasteiger partial charge in [0.05, 0.1) is 11.8 Å². The first-order chi connectivity index (χ1) is 8.58. The Morgan fingerprint density at radius 2 is 2.11 bits per heavy atom. The Balaban J connectivity index is 2.06. The molecule has 0 aliphatic heterocycles. The van der Waals surface area contributed by atoms with E-state index in [1.165, 1.54) is 12.3 Å². The van der Waals surface area contributed by atoms with Gasteiger partial charge in [0.25, 0.3) is 0 Å². The molecule has 1 heterocycles. The summed E-state index contributed by atoms with van der Waals surface area (Å²) in [6.07, 6.45) is 3.40. The predicted molar refractivity (Wildman–Crippen MR) is 66.3 cm³/mol. The van der Waals surface area contributed by atoms with Crippen molar-refractivity contribution in [1.29, 1.82) is 0 Å². The number of nitrogens with zero attached hydrogens (tertiary/aromatic N) is 1. The topological polar surface area (TPSA) is 79.3 Å².